The predicted octanol–water partition coefficient (Wildman–Crippen LogP) is 1.08. The number of aliphatic carboxylic acids is 1. The van der Waals surface area contributed by atoms with Gasteiger partial charge in [-0.3, -0.25) is 4.90 Å². The van der Waals surface area contributed by atoms with Crippen LogP contribution in [0.3, 0.4) is 0 Å². The molecule has 2 atom stereocenters. The molecule has 0 aromatic rings. The molecule has 7 nitrogen and oxygen atoms in total. The van der Waals surface area contributed by atoms with Crippen molar-refractivity contribution in [2.45, 2.75) is 44.8 Å². The van der Waals surface area contributed by atoms with Crippen molar-refractivity contribution in [2.24, 2.45) is 5.92 Å². The van der Waals surface area contributed by atoms with E-state index in [1.54, 1.807) is 20.8 Å². The zero-order valence-corrected chi connectivity index (χ0v) is 13.6. The van der Waals surface area contributed by atoms with Gasteiger partial charge >= 0.3 is 12.1 Å². The average molecular weight is 314 g/mol. The number of carboxylic acids is 1. The highest BCUT2D eigenvalue weighted by molar-refractivity contribution is 5.88. The Morgan fingerprint density at radius 2 is 2.00 bits per heavy atom. The minimum absolute atomic E-state index is 0.0413. The molecule has 2 N–H and O–H groups in total. The first-order valence-corrected chi connectivity index (χ1v) is 7.77. The van der Waals surface area contributed by atoms with Crippen LogP contribution in [-0.4, -0.2) is 66.1 Å². The second kappa shape index (κ2) is 6.42. The van der Waals surface area contributed by atoms with E-state index in [4.69, 9.17) is 9.47 Å². The van der Waals surface area contributed by atoms with Crippen LogP contribution in [0.4, 0.5) is 4.79 Å². The van der Waals surface area contributed by atoms with Crippen molar-refractivity contribution in [3.63, 3.8) is 0 Å². The summed E-state index contributed by atoms with van der Waals surface area (Å²) in [6.45, 7) is 9.31. The molecule has 0 unspecified atom stereocenters. The summed E-state index contributed by atoms with van der Waals surface area (Å²) in [6, 6.07) is 0. The minimum Gasteiger partial charge on any atom is -0.479 e. The summed E-state index contributed by atoms with van der Waals surface area (Å²) in [4.78, 5) is 25.7. The smallest absolute Gasteiger partial charge is 0.408 e. The zero-order chi connectivity index (χ0) is 16.4. The van der Waals surface area contributed by atoms with Gasteiger partial charge in [0.2, 0.25) is 0 Å². The zero-order valence-electron chi connectivity index (χ0n) is 13.6. The number of hydrogen-bond acceptors (Lipinski definition) is 5. The van der Waals surface area contributed by atoms with E-state index < -0.39 is 23.2 Å². The van der Waals surface area contributed by atoms with E-state index in [-0.39, 0.29) is 5.92 Å². The second-order valence-electron chi connectivity index (χ2n) is 7.05. The van der Waals surface area contributed by atoms with Crippen LogP contribution in [0.1, 0.15) is 33.6 Å². The van der Waals surface area contributed by atoms with E-state index >= 15 is 0 Å². The Bertz CT molecular complexity index is 428. The van der Waals surface area contributed by atoms with Crippen LogP contribution in [0.5, 0.6) is 0 Å². The quantitative estimate of drug-likeness (QED) is 0.789. The highest BCUT2D eigenvalue weighted by atomic mass is 16.6. The first-order chi connectivity index (χ1) is 10.2. The summed E-state index contributed by atoms with van der Waals surface area (Å²) in [7, 11) is 0. The lowest BCUT2D eigenvalue weighted by molar-refractivity contribution is -0.141. The molecule has 126 valence electrons. The lowest BCUT2D eigenvalue weighted by Crippen LogP contribution is -2.47. The molecule has 0 aromatic heterocycles. The highest BCUT2D eigenvalue weighted by Crippen LogP contribution is 2.46. The molecule has 0 aromatic carbocycles. The number of nitrogens with zero attached hydrogens (tertiary/aromatic N) is 1. The van der Waals surface area contributed by atoms with Gasteiger partial charge in [0.1, 0.15) is 11.1 Å². The lowest BCUT2D eigenvalue weighted by atomic mass is 10.1. The number of alkyl carbamates (subject to hydrolysis) is 1. The third-order valence-electron chi connectivity index (χ3n) is 4.11. The number of ether oxygens (including phenoxy) is 2. The number of carbonyl (C=O) groups is 2. The molecule has 2 aliphatic rings. The summed E-state index contributed by atoms with van der Waals surface area (Å²) in [5, 5.41) is 12.0. The van der Waals surface area contributed by atoms with Gasteiger partial charge in [-0.2, -0.15) is 0 Å². The van der Waals surface area contributed by atoms with Gasteiger partial charge in [0.05, 0.1) is 13.2 Å². The molecular formula is C15H26N2O5. The summed E-state index contributed by atoms with van der Waals surface area (Å²) < 4.78 is 10.5. The molecular weight excluding hydrogens is 288 g/mol. The maximum Gasteiger partial charge on any atom is 0.408 e. The molecule has 1 aliphatic heterocycles. The second-order valence-corrected chi connectivity index (χ2v) is 7.05. The van der Waals surface area contributed by atoms with Crippen LogP contribution in [0.25, 0.3) is 0 Å². The summed E-state index contributed by atoms with van der Waals surface area (Å²) in [5.74, 6) is -1.02. The third kappa shape index (κ3) is 4.33. The summed E-state index contributed by atoms with van der Waals surface area (Å²) >= 11 is 0. The van der Waals surface area contributed by atoms with E-state index in [1.807, 2.05) is 0 Å². The molecule has 2 fully saturated rings. The fourth-order valence-electron chi connectivity index (χ4n) is 2.80. The average Bonchev–Trinajstić information content (AvgIpc) is 3.10. The maximum absolute atomic E-state index is 11.8. The number of hydrogen-bond donors (Lipinski definition) is 2. The predicted molar refractivity (Wildman–Crippen MR) is 79.7 cm³/mol. The molecule has 2 rings (SSSR count). The molecule has 0 radical (unpaired) electrons. The largest absolute Gasteiger partial charge is 0.479 e. The van der Waals surface area contributed by atoms with E-state index in [1.165, 1.54) is 0 Å². The topological polar surface area (TPSA) is 88.1 Å². The lowest BCUT2D eigenvalue weighted by Gasteiger charge is -2.27. The molecule has 1 amide bonds. The van der Waals surface area contributed by atoms with E-state index in [0.717, 1.165) is 39.3 Å². The van der Waals surface area contributed by atoms with Gasteiger partial charge in [-0.05, 0) is 46.1 Å². The molecule has 1 aliphatic carbocycles. The molecule has 22 heavy (non-hydrogen) atoms. The Kier molecular flexibility index (Phi) is 4.97. The molecule has 1 heterocycles. The molecule has 0 bridgehead atoms. The number of morpholine rings is 1. The fraction of sp³-hybridized carbons (Fsp3) is 0.867. The molecule has 7 heteroatoms. The van der Waals surface area contributed by atoms with Crippen molar-refractivity contribution in [1.82, 2.24) is 10.2 Å². The standard InChI is InChI=1S/C15H26N2O5/c1-14(2,3)22-13(20)16-15(12(18)19)10-11(15)4-5-17-6-8-21-9-7-17/h11H,4-10H2,1-3H3,(H,16,20)(H,18,19)/t11-,15-/m1/s1. The van der Waals surface area contributed by atoms with Crippen molar-refractivity contribution in [3.05, 3.63) is 0 Å². The van der Waals surface area contributed by atoms with Gasteiger partial charge in [0, 0.05) is 13.1 Å². The van der Waals surface area contributed by atoms with Gasteiger partial charge < -0.3 is 19.9 Å². The van der Waals surface area contributed by atoms with E-state index in [2.05, 4.69) is 10.2 Å². The van der Waals surface area contributed by atoms with Crippen LogP contribution in [0.2, 0.25) is 0 Å². The maximum atomic E-state index is 11.8. The highest BCUT2D eigenvalue weighted by Gasteiger charge is 2.61. The van der Waals surface area contributed by atoms with Gasteiger partial charge in [0.15, 0.2) is 0 Å². The van der Waals surface area contributed by atoms with Gasteiger partial charge in [-0.1, -0.05) is 0 Å². The Morgan fingerprint density at radius 3 is 2.55 bits per heavy atom. The van der Waals surface area contributed by atoms with Crippen molar-refractivity contribution in [1.29, 1.82) is 0 Å². The van der Waals surface area contributed by atoms with Crippen LogP contribution in [0, 0.1) is 5.92 Å². The Morgan fingerprint density at radius 1 is 1.36 bits per heavy atom. The van der Waals surface area contributed by atoms with Crippen molar-refractivity contribution >= 4 is 12.1 Å². The van der Waals surface area contributed by atoms with Crippen LogP contribution >= 0.6 is 0 Å². The van der Waals surface area contributed by atoms with Crippen molar-refractivity contribution < 1.29 is 24.2 Å². The molecule has 0 spiro atoms. The number of carbonyl (C=O) groups excluding carboxylic acids is 1. The van der Waals surface area contributed by atoms with E-state index in [9.17, 15) is 14.7 Å². The van der Waals surface area contributed by atoms with Gasteiger partial charge in [0.25, 0.3) is 0 Å². The third-order valence-corrected chi connectivity index (χ3v) is 4.11. The SMILES string of the molecule is CC(C)(C)OC(=O)N[C@]1(C(=O)O)C[C@H]1CCN1CCOCC1. The first kappa shape index (κ1) is 17.0. The Hall–Kier alpha value is -1.34. The number of nitrogens with one attached hydrogen (secondary N) is 1. The monoisotopic (exact) mass is 314 g/mol. The van der Waals surface area contributed by atoms with E-state index in [0.29, 0.717) is 6.42 Å². The number of amides is 1. The minimum atomic E-state index is -1.16. The van der Waals surface area contributed by atoms with Crippen LogP contribution in [-0.2, 0) is 14.3 Å². The van der Waals surface area contributed by atoms with Crippen molar-refractivity contribution in [2.75, 3.05) is 32.8 Å². The van der Waals surface area contributed by atoms with Crippen molar-refractivity contribution in [3.8, 4) is 0 Å². The fourth-order valence-corrected chi connectivity index (χ4v) is 2.80. The number of carboxylic acid groups (broad SMARTS) is 1. The van der Waals surface area contributed by atoms with Gasteiger partial charge in [-0.25, -0.2) is 9.59 Å². The molecule has 1 saturated carbocycles. The normalized spacial score (nSPS) is 29.0. The van der Waals surface area contributed by atoms with Crippen LogP contribution in [0.15, 0.2) is 0 Å². The van der Waals surface area contributed by atoms with Gasteiger partial charge in [-0.15, -0.1) is 0 Å². The Balaban J connectivity index is 1.83. The summed E-state index contributed by atoms with van der Waals surface area (Å²) in [5.41, 5.74) is -1.80. The number of rotatable bonds is 5. The first-order valence-electron chi connectivity index (χ1n) is 7.77. The molecule has 1 saturated heterocycles. The van der Waals surface area contributed by atoms with Crippen LogP contribution < -0.4 is 5.32 Å². The summed E-state index contributed by atoms with van der Waals surface area (Å²) in [6.07, 6.45) is 0.553. The Labute approximate surface area is 130 Å².